The van der Waals surface area contributed by atoms with Gasteiger partial charge < -0.3 is 14.7 Å². The van der Waals surface area contributed by atoms with Gasteiger partial charge in [-0.15, -0.1) is 11.3 Å². The van der Waals surface area contributed by atoms with Crippen LogP contribution in [0.1, 0.15) is 55.0 Å². The SMILES string of the molecule is CC(C)Cc1ccc(-c2cc(COc3ccc4c(c3)CCN4C(=O)CN(CCC(=O)O)C(C)C)sc2C(F)(F)F)cc1. The van der Waals surface area contributed by atoms with E-state index in [-0.39, 0.29) is 43.6 Å². The summed E-state index contributed by atoms with van der Waals surface area (Å²) in [6.45, 7) is 8.95. The van der Waals surface area contributed by atoms with E-state index < -0.39 is 17.0 Å². The van der Waals surface area contributed by atoms with E-state index in [0.717, 1.165) is 23.2 Å². The minimum absolute atomic E-state index is 0.00641. The van der Waals surface area contributed by atoms with Crippen LogP contribution in [0.4, 0.5) is 18.9 Å². The second kappa shape index (κ2) is 13.3. The number of amides is 1. The number of carboxylic acids is 1. The molecule has 0 aliphatic carbocycles. The second-order valence-corrected chi connectivity index (χ2v) is 12.5. The van der Waals surface area contributed by atoms with Gasteiger partial charge in [0.25, 0.3) is 0 Å². The molecule has 0 saturated carbocycles. The molecule has 1 amide bonds. The molecule has 0 saturated heterocycles. The number of aliphatic carboxylic acids is 1. The number of anilines is 1. The van der Waals surface area contributed by atoms with Crippen LogP contribution in [-0.2, 0) is 35.2 Å². The topological polar surface area (TPSA) is 70.1 Å². The highest BCUT2D eigenvalue weighted by molar-refractivity contribution is 7.12. The monoisotopic (exact) mass is 602 g/mol. The first-order chi connectivity index (χ1) is 19.8. The number of halogens is 3. The van der Waals surface area contributed by atoms with Gasteiger partial charge in [-0.05, 0) is 73.6 Å². The lowest BCUT2D eigenvalue weighted by atomic mass is 9.99. The number of alkyl halides is 3. The number of carbonyl (C=O) groups is 2. The third kappa shape index (κ3) is 7.92. The largest absolute Gasteiger partial charge is 0.488 e. The summed E-state index contributed by atoms with van der Waals surface area (Å²) in [6, 6.07) is 14.2. The number of carbonyl (C=O) groups excluding carboxylic acids is 1. The molecule has 0 unspecified atom stereocenters. The van der Waals surface area contributed by atoms with Gasteiger partial charge >= 0.3 is 12.1 Å². The van der Waals surface area contributed by atoms with Gasteiger partial charge in [0.15, 0.2) is 0 Å². The quantitative estimate of drug-likeness (QED) is 0.236. The zero-order valence-electron chi connectivity index (χ0n) is 24.3. The number of thiophene rings is 1. The standard InChI is InChI=1S/C32H37F3N2O4S/c1-20(2)15-22-5-7-23(8-6-22)27-17-26(42-31(27)32(33,34)35)19-41-25-9-10-28-24(16-25)11-14-37(28)29(38)18-36(21(3)4)13-12-30(39)40/h5-10,16-17,20-21H,11-15,18-19H2,1-4H3,(H,39,40). The molecule has 3 aromatic rings. The molecule has 1 aliphatic heterocycles. The summed E-state index contributed by atoms with van der Waals surface area (Å²) in [5.41, 5.74) is 3.47. The van der Waals surface area contributed by atoms with Gasteiger partial charge in [-0.3, -0.25) is 14.5 Å². The Labute approximate surface area is 248 Å². The summed E-state index contributed by atoms with van der Waals surface area (Å²) in [5.74, 6) is -0.0318. The average Bonchev–Trinajstić information content (AvgIpc) is 3.54. The number of nitrogens with zero attached hydrogens (tertiary/aromatic N) is 2. The highest BCUT2D eigenvalue weighted by Crippen LogP contribution is 2.43. The Morgan fingerprint density at radius 3 is 2.40 bits per heavy atom. The predicted octanol–water partition coefficient (Wildman–Crippen LogP) is 7.29. The van der Waals surface area contributed by atoms with Crippen molar-refractivity contribution in [2.24, 2.45) is 5.92 Å². The molecule has 1 aliphatic rings. The third-order valence-electron chi connectivity index (χ3n) is 7.26. The lowest BCUT2D eigenvalue weighted by molar-refractivity contribution is -0.138. The summed E-state index contributed by atoms with van der Waals surface area (Å²) in [7, 11) is 0. The molecule has 2 heterocycles. The van der Waals surface area contributed by atoms with E-state index in [1.807, 2.05) is 36.9 Å². The minimum atomic E-state index is -4.48. The normalized spacial score (nSPS) is 13.3. The van der Waals surface area contributed by atoms with E-state index in [9.17, 15) is 22.8 Å². The van der Waals surface area contributed by atoms with Gasteiger partial charge in [-0.25, -0.2) is 0 Å². The lowest BCUT2D eigenvalue weighted by Gasteiger charge is -2.28. The van der Waals surface area contributed by atoms with Crippen molar-refractivity contribution >= 4 is 28.9 Å². The van der Waals surface area contributed by atoms with Crippen molar-refractivity contribution in [2.75, 3.05) is 24.5 Å². The Bertz CT molecular complexity index is 1400. The van der Waals surface area contributed by atoms with Crippen molar-refractivity contribution in [3.8, 4) is 16.9 Å². The number of hydrogen-bond donors (Lipinski definition) is 1. The molecular weight excluding hydrogens is 565 g/mol. The molecular formula is C32H37F3N2O4S. The van der Waals surface area contributed by atoms with Crippen molar-refractivity contribution in [1.29, 1.82) is 0 Å². The number of hydrogen-bond acceptors (Lipinski definition) is 5. The number of rotatable bonds is 12. The Balaban J connectivity index is 1.44. The van der Waals surface area contributed by atoms with E-state index >= 15 is 0 Å². The molecule has 2 aromatic carbocycles. The highest BCUT2D eigenvalue weighted by atomic mass is 32.1. The highest BCUT2D eigenvalue weighted by Gasteiger charge is 2.36. The molecule has 4 rings (SSSR count). The average molecular weight is 603 g/mol. The van der Waals surface area contributed by atoms with E-state index in [2.05, 4.69) is 13.8 Å². The molecule has 0 fully saturated rings. The summed E-state index contributed by atoms with van der Waals surface area (Å²) in [5, 5.41) is 9.01. The maximum atomic E-state index is 13.9. The minimum Gasteiger partial charge on any atom is -0.488 e. The molecule has 0 bridgehead atoms. The van der Waals surface area contributed by atoms with E-state index in [1.54, 1.807) is 35.2 Å². The van der Waals surface area contributed by atoms with Crippen LogP contribution in [0.2, 0.25) is 0 Å². The predicted molar refractivity (Wildman–Crippen MR) is 159 cm³/mol. The van der Waals surface area contributed by atoms with Gasteiger partial charge in [0.1, 0.15) is 17.2 Å². The number of benzene rings is 2. The van der Waals surface area contributed by atoms with Crippen LogP contribution in [-0.4, -0.2) is 47.6 Å². The van der Waals surface area contributed by atoms with E-state index in [0.29, 0.717) is 46.4 Å². The zero-order chi connectivity index (χ0) is 30.6. The number of ether oxygens (including phenoxy) is 1. The fourth-order valence-corrected chi connectivity index (χ4v) is 6.09. The molecule has 10 heteroatoms. The summed E-state index contributed by atoms with van der Waals surface area (Å²) in [4.78, 5) is 27.4. The van der Waals surface area contributed by atoms with Crippen molar-refractivity contribution in [3.63, 3.8) is 0 Å². The zero-order valence-corrected chi connectivity index (χ0v) is 25.1. The summed E-state index contributed by atoms with van der Waals surface area (Å²) in [6.07, 6.45) is -3.02. The first-order valence-electron chi connectivity index (χ1n) is 14.1. The van der Waals surface area contributed by atoms with Crippen LogP contribution in [0, 0.1) is 5.92 Å². The third-order valence-corrected chi connectivity index (χ3v) is 8.41. The van der Waals surface area contributed by atoms with E-state index in [1.165, 1.54) is 0 Å². The van der Waals surface area contributed by atoms with Crippen LogP contribution < -0.4 is 9.64 Å². The molecule has 226 valence electrons. The molecule has 6 nitrogen and oxygen atoms in total. The molecule has 0 radical (unpaired) electrons. The molecule has 0 atom stereocenters. The van der Waals surface area contributed by atoms with Crippen LogP contribution in [0.15, 0.2) is 48.5 Å². The second-order valence-electron chi connectivity index (χ2n) is 11.3. The Morgan fingerprint density at radius 1 is 1.07 bits per heavy atom. The van der Waals surface area contributed by atoms with Gasteiger partial charge in [-0.1, -0.05) is 38.1 Å². The van der Waals surface area contributed by atoms with Crippen molar-refractivity contribution < 1.29 is 32.6 Å². The molecule has 42 heavy (non-hydrogen) atoms. The van der Waals surface area contributed by atoms with Crippen LogP contribution >= 0.6 is 11.3 Å². The van der Waals surface area contributed by atoms with Gasteiger partial charge in [-0.2, -0.15) is 13.2 Å². The van der Waals surface area contributed by atoms with E-state index in [4.69, 9.17) is 9.84 Å². The number of carboxylic acid groups (broad SMARTS) is 1. The fourth-order valence-electron chi connectivity index (χ4n) is 5.13. The lowest BCUT2D eigenvalue weighted by Crippen LogP contribution is -2.43. The Kier molecular flexibility index (Phi) is 9.99. The van der Waals surface area contributed by atoms with Crippen LogP contribution in [0.25, 0.3) is 11.1 Å². The smallest absolute Gasteiger partial charge is 0.426 e. The van der Waals surface area contributed by atoms with Crippen molar-refractivity contribution in [2.45, 2.75) is 65.8 Å². The Morgan fingerprint density at radius 2 is 1.79 bits per heavy atom. The van der Waals surface area contributed by atoms with Crippen LogP contribution in [0.5, 0.6) is 5.75 Å². The molecule has 0 spiro atoms. The first kappa shape index (κ1) is 31.6. The Hall–Kier alpha value is -3.37. The number of fused-ring (bicyclic) bond motifs is 1. The molecule has 1 aromatic heterocycles. The fraction of sp³-hybridized carbons (Fsp3) is 0.438. The summed E-state index contributed by atoms with van der Waals surface area (Å²) < 4.78 is 47.7. The first-order valence-corrected chi connectivity index (χ1v) is 14.9. The maximum Gasteiger partial charge on any atom is 0.426 e. The van der Waals surface area contributed by atoms with Gasteiger partial charge in [0, 0.05) is 35.3 Å². The van der Waals surface area contributed by atoms with Crippen molar-refractivity contribution in [1.82, 2.24) is 4.90 Å². The van der Waals surface area contributed by atoms with Gasteiger partial charge in [0.05, 0.1) is 13.0 Å². The maximum absolute atomic E-state index is 13.9. The van der Waals surface area contributed by atoms with Gasteiger partial charge in [0.2, 0.25) is 5.91 Å². The summed E-state index contributed by atoms with van der Waals surface area (Å²) >= 11 is 0.694. The molecule has 1 N–H and O–H groups in total. The van der Waals surface area contributed by atoms with Crippen molar-refractivity contribution in [3.05, 3.63) is 69.4 Å². The van der Waals surface area contributed by atoms with Crippen LogP contribution in [0.3, 0.4) is 0 Å².